The zero-order valence-electron chi connectivity index (χ0n) is 51.7. The molecule has 9 heteroatoms. The van der Waals surface area contributed by atoms with Gasteiger partial charge in [-0.1, -0.05) is 312 Å². The zero-order chi connectivity index (χ0) is 56.3. The van der Waals surface area contributed by atoms with E-state index >= 15 is 0 Å². The van der Waals surface area contributed by atoms with Gasteiger partial charge in [0.05, 0.1) is 39.9 Å². The molecular weight excluding hydrogens is 972 g/mol. The molecule has 3 atom stereocenters. The van der Waals surface area contributed by atoms with Crippen LogP contribution in [0.2, 0.25) is 0 Å². The predicted octanol–water partition coefficient (Wildman–Crippen LogP) is 20.8. The number of phosphoric ester groups is 1. The highest BCUT2D eigenvalue weighted by atomic mass is 31.2. The maximum absolute atomic E-state index is 13.0. The van der Waals surface area contributed by atoms with E-state index in [1.165, 1.54) is 231 Å². The second kappa shape index (κ2) is 58.8. The molecule has 0 aliphatic carbocycles. The number of quaternary nitrogens is 1. The van der Waals surface area contributed by atoms with Crippen molar-refractivity contribution in [2.75, 3.05) is 40.9 Å². The summed E-state index contributed by atoms with van der Waals surface area (Å²) in [5, 5.41) is 14.0. The fourth-order valence-electron chi connectivity index (χ4n) is 9.86. The lowest BCUT2D eigenvalue weighted by atomic mass is 10.0. The van der Waals surface area contributed by atoms with E-state index in [4.69, 9.17) is 9.05 Å². The Labute approximate surface area is 479 Å². The molecule has 0 aliphatic rings. The van der Waals surface area contributed by atoms with Gasteiger partial charge in [0.2, 0.25) is 5.91 Å². The summed E-state index contributed by atoms with van der Waals surface area (Å²) in [6.45, 7) is 4.74. The lowest BCUT2D eigenvalue weighted by molar-refractivity contribution is -0.870. The number of amides is 1. The number of carbonyl (C=O) groups excluding carboxylic acids is 1. The Morgan fingerprint density at radius 3 is 1.14 bits per heavy atom. The Morgan fingerprint density at radius 1 is 0.455 bits per heavy atom. The average Bonchev–Trinajstić information content (AvgIpc) is 3.39. The number of allylic oxidation sites excluding steroid dienone is 9. The van der Waals surface area contributed by atoms with Gasteiger partial charge >= 0.3 is 7.82 Å². The molecule has 0 aromatic heterocycles. The highest BCUT2D eigenvalue weighted by Crippen LogP contribution is 2.43. The molecule has 0 saturated heterocycles. The molecule has 0 aliphatic heterocycles. The fraction of sp³-hybridized carbons (Fsp3) is 0.838. The average molecular weight is 1100 g/mol. The zero-order valence-corrected chi connectivity index (χ0v) is 52.6. The van der Waals surface area contributed by atoms with Crippen molar-refractivity contribution in [2.45, 2.75) is 328 Å². The topological polar surface area (TPSA) is 105 Å². The molecule has 0 bridgehead atoms. The van der Waals surface area contributed by atoms with Gasteiger partial charge < -0.3 is 19.8 Å². The van der Waals surface area contributed by atoms with E-state index in [1.807, 2.05) is 27.2 Å². The lowest BCUT2D eigenvalue weighted by Gasteiger charge is -2.25. The molecule has 77 heavy (non-hydrogen) atoms. The van der Waals surface area contributed by atoms with E-state index in [1.54, 1.807) is 6.08 Å². The summed E-state index contributed by atoms with van der Waals surface area (Å²) in [5.74, 6) is -0.172. The highest BCUT2D eigenvalue weighted by molar-refractivity contribution is 7.47. The van der Waals surface area contributed by atoms with Crippen molar-refractivity contribution in [1.29, 1.82) is 0 Å². The van der Waals surface area contributed by atoms with Crippen LogP contribution in [-0.4, -0.2) is 73.4 Å². The summed E-state index contributed by atoms with van der Waals surface area (Å²) in [5.41, 5.74) is 0. The van der Waals surface area contributed by atoms with Gasteiger partial charge in [-0.15, -0.1) is 0 Å². The first kappa shape index (κ1) is 75.2. The van der Waals surface area contributed by atoms with Crippen LogP contribution in [-0.2, 0) is 18.4 Å². The Hall–Kier alpha value is -1.80. The van der Waals surface area contributed by atoms with E-state index in [0.717, 1.165) is 64.2 Å². The molecule has 3 unspecified atom stereocenters. The summed E-state index contributed by atoms with van der Waals surface area (Å²) in [6, 6.07) is -0.845. The van der Waals surface area contributed by atoms with Crippen LogP contribution in [0.25, 0.3) is 0 Å². The molecule has 0 aromatic rings. The smallest absolute Gasteiger partial charge is 0.387 e. The summed E-state index contributed by atoms with van der Waals surface area (Å²) < 4.78 is 23.7. The molecule has 0 aromatic carbocycles. The van der Waals surface area contributed by atoms with Crippen LogP contribution in [0.15, 0.2) is 60.8 Å². The number of nitrogens with zero attached hydrogens (tertiary/aromatic N) is 1. The Kier molecular flexibility index (Phi) is 57.5. The van der Waals surface area contributed by atoms with E-state index < -0.39 is 20.0 Å². The molecule has 0 radical (unpaired) electrons. The van der Waals surface area contributed by atoms with Gasteiger partial charge in [0, 0.05) is 6.42 Å². The first-order valence-electron chi connectivity index (χ1n) is 33.2. The van der Waals surface area contributed by atoms with Crippen LogP contribution in [0.1, 0.15) is 316 Å². The fourth-order valence-corrected chi connectivity index (χ4v) is 10.6. The normalized spacial score (nSPS) is 14.1. The number of unbranched alkanes of at least 4 members (excludes halogenated alkanes) is 40. The van der Waals surface area contributed by atoms with Crippen molar-refractivity contribution in [3.05, 3.63) is 60.8 Å². The third kappa shape index (κ3) is 61.7. The Balaban J connectivity index is 3.91. The number of hydrogen-bond acceptors (Lipinski definition) is 5. The number of carbonyl (C=O) groups is 1. The minimum absolute atomic E-state index is 0.0629. The summed E-state index contributed by atoms with van der Waals surface area (Å²) >= 11 is 0. The van der Waals surface area contributed by atoms with E-state index in [0.29, 0.717) is 17.4 Å². The van der Waals surface area contributed by atoms with Gasteiger partial charge in [0.15, 0.2) is 0 Å². The third-order valence-corrected chi connectivity index (χ3v) is 16.0. The number of phosphoric acid groups is 1. The second-order valence-corrected chi connectivity index (χ2v) is 25.3. The number of aliphatic hydroxyl groups is 1. The van der Waals surface area contributed by atoms with Crippen molar-refractivity contribution in [3.8, 4) is 0 Å². The van der Waals surface area contributed by atoms with Crippen LogP contribution in [0.3, 0.4) is 0 Å². The maximum atomic E-state index is 13.0. The van der Waals surface area contributed by atoms with Gasteiger partial charge in [-0.05, 0) is 57.8 Å². The third-order valence-electron chi connectivity index (χ3n) is 15.0. The van der Waals surface area contributed by atoms with Gasteiger partial charge in [-0.3, -0.25) is 13.8 Å². The molecule has 0 saturated carbocycles. The molecule has 0 fully saturated rings. The van der Waals surface area contributed by atoms with E-state index in [2.05, 4.69) is 67.8 Å². The SMILES string of the molecule is CC/C=C\C/C=C\C/C=C\C/C=C\CCCCCCCCCCCCCCCCCCCCCCCCCCCCC(=O)NC(COP(=O)(O)OCC[N+](C)(C)C)C(O)/C=C/CCCCCCCCCCCCCCCC. The summed E-state index contributed by atoms with van der Waals surface area (Å²) in [4.78, 5) is 23.3. The van der Waals surface area contributed by atoms with Crippen LogP contribution in [0.5, 0.6) is 0 Å². The van der Waals surface area contributed by atoms with Crippen LogP contribution in [0.4, 0.5) is 0 Å². The minimum atomic E-state index is -4.35. The quantitative estimate of drug-likeness (QED) is 0.0243. The number of hydrogen-bond donors (Lipinski definition) is 3. The summed E-state index contributed by atoms with van der Waals surface area (Å²) in [6.07, 6.45) is 80.8. The molecule has 0 spiro atoms. The second-order valence-electron chi connectivity index (χ2n) is 23.8. The predicted molar refractivity (Wildman–Crippen MR) is 337 cm³/mol. The number of likely N-dealkylation sites (N-methyl/N-ethyl adjacent to an activating group) is 1. The molecule has 0 heterocycles. The molecule has 0 rings (SSSR count). The van der Waals surface area contributed by atoms with E-state index in [9.17, 15) is 19.4 Å². The minimum Gasteiger partial charge on any atom is -0.387 e. The van der Waals surface area contributed by atoms with Crippen molar-refractivity contribution in [1.82, 2.24) is 5.32 Å². The first-order chi connectivity index (χ1) is 37.5. The van der Waals surface area contributed by atoms with Gasteiger partial charge in [-0.25, -0.2) is 4.57 Å². The van der Waals surface area contributed by atoms with Gasteiger partial charge in [-0.2, -0.15) is 0 Å². The number of rotatable bonds is 61. The van der Waals surface area contributed by atoms with Crippen molar-refractivity contribution in [2.24, 2.45) is 0 Å². The maximum Gasteiger partial charge on any atom is 0.472 e. The first-order valence-corrected chi connectivity index (χ1v) is 34.7. The number of nitrogens with one attached hydrogen (secondary N) is 1. The summed E-state index contributed by atoms with van der Waals surface area (Å²) in [7, 11) is 1.58. The monoisotopic (exact) mass is 1100 g/mol. The standard InChI is InChI=1S/C68H129N2O6P/c1-6-8-10-12-14-16-18-20-22-24-25-26-27-28-29-30-31-32-33-34-35-36-37-38-39-40-41-42-43-44-45-46-48-50-52-54-56-58-60-62-68(72)69-66(65-76-77(73,74)75-64-63-70(3,4)5)67(71)61-59-57-55-53-51-49-47-23-21-19-17-15-13-11-9-7-2/h8,10,14,16,20,22,25-26,59,61,66-67,71H,6-7,9,11-13,15,17-19,21,23-24,27-58,60,62-65H2,1-5H3,(H-,69,72,73,74)/p+1/b10-8-,16-14-,22-20-,26-25-,61-59+. The Bertz CT molecular complexity index is 1440. The van der Waals surface area contributed by atoms with Crippen molar-refractivity contribution in [3.63, 3.8) is 0 Å². The highest BCUT2D eigenvalue weighted by Gasteiger charge is 2.28. The molecular formula is C68H130N2O6P+. The van der Waals surface area contributed by atoms with Crippen molar-refractivity contribution >= 4 is 13.7 Å². The molecule has 1 amide bonds. The van der Waals surface area contributed by atoms with Gasteiger partial charge in [0.1, 0.15) is 13.2 Å². The number of aliphatic hydroxyl groups excluding tert-OH is 1. The molecule has 452 valence electrons. The lowest BCUT2D eigenvalue weighted by Crippen LogP contribution is -2.45. The molecule has 8 nitrogen and oxygen atoms in total. The van der Waals surface area contributed by atoms with Gasteiger partial charge in [0.25, 0.3) is 0 Å². The van der Waals surface area contributed by atoms with Crippen LogP contribution in [0, 0.1) is 0 Å². The van der Waals surface area contributed by atoms with Crippen molar-refractivity contribution < 1.29 is 32.9 Å². The van der Waals surface area contributed by atoms with Crippen LogP contribution >= 0.6 is 7.82 Å². The molecule has 3 N–H and O–H groups in total. The Morgan fingerprint density at radius 2 is 0.779 bits per heavy atom. The van der Waals surface area contributed by atoms with Crippen LogP contribution < -0.4 is 5.32 Å². The largest absolute Gasteiger partial charge is 0.472 e. The van der Waals surface area contributed by atoms with E-state index in [-0.39, 0.29) is 19.1 Å².